The molecule has 3 heterocycles. The van der Waals surface area contributed by atoms with Gasteiger partial charge < -0.3 is 0 Å². The van der Waals surface area contributed by atoms with Gasteiger partial charge in [-0.05, 0) is 141 Å². The Balaban J connectivity index is 0.980. The van der Waals surface area contributed by atoms with Crippen molar-refractivity contribution in [2.45, 2.75) is 25.7 Å². The first-order chi connectivity index (χ1) is 34.7. The van der Waals surface area contributed by atoms with Crippen LogP contribution >= 0.6 is 0 Å². The molecular weight excluding hydrogens is 847 g/mol. The van der Waals surface area contributed by atoms with Crippen molar-refractivity contribution in [2.75, 3.05) is 0 Å². The minimum absolute atomic E-state index is 0.923. The van der Waals surface area contributed by atoms with Crippen molar-refractivity contribution >= 4 is 0 Å². The zero-order chi connectivity index (χ0) is 46.9. The maximum absolute atomic E-state index is 5.21. The van der Waals surface area contributed by atoms with Crippen molar-refractivity contribution in [2.24, 2.45) is 0 Å². The standard InChI is InChI=1S/C67H51N3/c1-3-15-52(16-4-1)56-19-13-20-57(46-56)63-47-58(67-26-14-25-66(70-67)53-17-5-2-6-18-53)39-40-62(63)61-22-8-7-21-60(61)59-44-50(29-27-48-31-35-54(36-32-48)64-23-9-11-41-68-64)43-51(45-59)30-28-49-33-37-55(38-34-49)65-24-10-12-42-69-65/h1-26,31-47H,27-30H2. The summed E-state index contributed by atoms with van der Waals surface area (Å²) in [5.41, 5.74) is 23.1. The average Bonchev–Trinajstić information content (AvgIpc) is 3.45. The first-order valence-electron chi connectivity index (χ1n) is 24.2. The van der Waals surface area contributed by atoms with Crippen LogP contribution in [0.25, 0.3) is 89.5 Å². The van der Waals surface area contributed by atoms with E-state index < -0.39 is 0 Å². The normalized spacial score (nSPS) is 11.1. The summed E-state index contributed by atoms with van der Waals surface area (Å²) in [6.45, 7) is 0. The first-order valence-corrected chi connectivity index (χ1v) is 24.2. The molecule has 70 heavy (non-hydrogen) atoms. The molecule has 11 aromatic rings. The number of benzene rings is 8. The van der Waals surface area contributed by atoms with Crippen molar-refractivity contribution in [3.63, 3.8) is 0 Å². The number of aryl methyl sites for hydroxylation is 4. The van der Waals surface area contributed by atoms with E-state index in [1.807, 2.05) is 42.7 Å². The number of pyridine rings is 3. The lowest BCUT2D eigenvalue weighted by molar-refractivity contribution is 0.931. The highest BCUT2D eigenvalue weighted by atomic mass is 14.7. The summed E-state index contributed by atoms with van der Waals surface area (Å²) in [4.78, 5) is 14.4. The fourth-order valence-corrected chi connectivity index (χ4v) is 9.54. The van der Waals surface area contributed by atoms with Gasteiger partial charge >= 0.3 is 0 Å². The predicted octanol–water partition coefficient (Wildman–Crippen LogP) is 16.8. The summed E-state index contributed by atoms with van der Waals surface area (Å²) in [5.74, 6) is 0. The van der Waals surface area contributed by atoms with E-state index in [1.54, 1.807) is 0 Å². The number of aromatic nitrogens is 3. The minimum atomic E-state index is 0.923. The topological polar surface area (TPSA) is 38.7 Å². The van der Waals surface area contributed by atoms with E-state index in [-0.39, 0.29) is 0 Å². The molecular formula is C67H51N3. The molecule has 0 N–H and O–H groups in total. The fraction of sp³-hybridized carbons (Fsp3) is 0.0597. The monoisotopic (exact) mass is 897 g/mol. The summed E-state index contributed by atoms with van der Waals surface area (Å²) in [7, 11) is 0. The Morgan fingerprint density at radius 2 is 0.657 bits per heavy atom. The van der Waals surface area contributed by atoms with Crippen LogP contribution in [0.4, 0.5) is 0 Å². The van der Waals surface area contributed by atoms with E-state index in [2.05, 4.69) is 228 Å². The second-order valence-corrected chi connectivity index (χ2v) is 17.9. The highest BCUT2D eigenvalue weighted by Gasteiger charge is 2.17. The Hall–Kier alpha value is -8.79. The summed E-state index contributed by atoms with van der Waals surface area (Å²) in [6, 6.07) is 89.4. The number of hydrogen-bond acceptors (Lipinski definition) is 3. The van der Waals surface area contributed by atoms with E-state index in [9.17, 15) is 0 Å². The highest BCUT2D eigenvalue weighted by molar-refractivity contribution is 5.94. The Morgan fingerprint density at radius 1 is 0.214 bits per heavy atom. The van der Waals surface area contributed by atoms with Gasteiger partial charge in [0.05, 0.1) is 22.8 Å². The van der Waals surface area contributed by atoms with Crippen molar-refractivity contribution in [1.82, 2.24) is 15.0 Å². The molecule has 3 nitrogen and oxygen atoms in total. The van der Waals surface area contributed by atoms with Gasteiger partial charge in [0, 0.05) is 34.6 Å². The molecule has 0 fully saturated rings. The van der Waals surface area contributed by atoms with Crippen molar-refractivity contribution in [1.29, 1.82) is 0 Å². The molecule has 0 aliphatic rings. The first kappa shape index (κ1) is 43.8. The molecule has 334 valence electrons. The molecule has 3 heteroatoms. The predicted molar refractivity (Wildman–Crippen MR) is 291 cm³/mol. The van der Waals surface area contributed by atoms with Crippen molar-refractivity contribution < 1.29 is 0 Å². The van der Waals surface area contributed by atoms with E-state index >= 15 is 0 Å². The molecule has 0 aliphatic heterocycles. The zero-order valence-corrected chi connectivity index (χ0v) is 39.0. The van der Waals surface area contributed by atoms with E-state index in [1.165, 1.54) is 55.6 Å². The molecule has 8 aromatic carbocycles. The third-order valence-corrected chi connectivity index (χ3v) is 13.2. The van der Waals surface area contributed by atoms with Gasteiger partial charge in [-0.25, -0.2) is 4.98 Å². The number of rotatable bonds is 14. The van der Waals surface area contributed by atoms with Crippen LogP contribution in [-0.2, 0) is 25.7 Å². The second kappa shape index (κ2) is 20.6. The van der Waals surface area contributed by atoms with Gasteiger partial charge in [0.2, 0.25) is 0 Å². The molecule has 0 bridgehead atoms. The van der Waals surface area contributed by atoms with Gasteiger partial charge in [-0.1, -0.05) is 200 Å². The molecule has 0 amide bonds. The fourth-order valence-electron chi connectivity index (χ4n) is 9.54. The van der Waals surface area contributed by atoms with Crippen LogP contribution < -0.4 is 0 Å². The summed E-state index contributed by atoms with van der Waals surface area (Å²) in [5, 5.41) is 0. The maximum Gasteiger partial charge on any atom is 0.0709 e. The molecule has 0 saturated heterocycles. The van der Waals surface area contributed by atoms with Gasteiger partial charge in [-0.15, -0.1) is 0 Å². The largest absolute Gasteiger partial charge is 0.256 e. The molecule has 0 spiro atoms. The van der Waals surface area contributed by atoms with Crippen LogP contribution in [0, 0.1) is 0 Å². The molecule has 3 aromatic heterocycles. The molecule has 11 rings (SSSR count). The molecule has 0 saturated carbocycles. The highest BCUT2D eigenvalue weighted by Crippen LogP contribution is 2.42. The Bertz CT molecular complexity index is 3390. The van der Waals surface area contributed by atoms with Gasteiger partial charge in [0.15, 0.2) is 0 Å². The third kappa shape index (κ3) is 10.1. The van der Waals surface area contributed by atoms with E-state index in [0.29, 0.717) is 0 Å². The van der Waals surface area contributed by atoms with Gasteiger partial charge in [0.1, 0.15) is 0 Å². The quantitative estimate of drug-likeness (QED) is 0.109. The molecule has 0 radical (unpaired) electrons. The summed E-state index contributed by atoms with van der Waals surface area (Å²) >= 11 is 0. The molecule has 0 atom stereocenters. The lowest BCUT2D eigenvalue weighted by atomic mass is 9.86. The van der Waals surface area contributed by atoms with Gasteiger partial charge in [0.25, 0.3) is 0 Å². The van der Waals surface area contributed by atoms with Crippen molar-refractivity contribution in [3.8, 4) is 89.5 Å². The van der Waals surface area contributed by atoms with E-state index in [4.69, 9.17) is 4.98 Å². The smallest absolute Gasteiger partial charge is 0.0709 e. The SMILES string of the molecule is c1ccc(-c2cccc(-c3cc(-c4cccc(-c5ccccc5)n4)ccc3-c3ccccc3-c3cc(CCc4ccc(-c5ccccn5)cc4)cc(CCc4ccc(-c5ccccn5)cc4)c3)c2)cc1. The van der Waals surface area contributed by atoms with Crippen LogP contribution in [-0.4, -0.2) is 15.0 Å². The summed E-state index contributed by atoms with van der Waals surface area (Å²) < 4.78 is 0. The zero-order valence-electron chi connectivity index (χ0n) is 39.0. The van der Waals surface area contributed by atoms with Crippen LogP contribution in [0.1, 0.15) is 22.3 Å². The Labute approximate surface area is 411 Å². The minimum Gasteiger partial charge on any atom is -0.256 e. The average molecular weight is 898 g/mol. The molecule has 0 unspecified atom stereocenters. The third-order valence-electron chi connectivity index (χ3n) is 13.2. The Kier molecular flexibility index (Phi) is 12.9. The lowest BCUT2D eigenvalue weighted by Crippen LogP contribution is -1.98. The van der Waals surface area contributed by atoms with Crippen LogP contribution in [0.3, 0.4) is 0 Å². The maximum atomic E-state index is 5.21. The number of nitrogens with zero attached hydrogens (tertiary/aromatic N) is 3. The van der Waals surface area contributed by atoms with E-state index in [0.717, 1.165) is 81.8 Å². The number of hydrogen-bond donors (Lipinski definition) is 0. The summed E-state index contributed by atoms with van der Waals surface area (Å²) in [6.07, 6.45) is 7.42. The van der Waals surface area contributed by atoms with Crippen LogP contribution in [0.15, 0.2) is 261 Å². The van der Waals surface area contributed by atoms with Gasteiger partial charge in [-0.3, -0.25) is 9.97 Å². The van der Waals surface area contributed by atoms with Crippen molar-refractivity contribution in [3.05, 3.63) is 283 Å². The van der Waals surface area contributed by atoms with Gasteiger partial charge in [-0.2, -0.15) is 0 Å². The lowest BCUT2D eigenvalue weighted by Gasteiger charge is -2.18. The molecule has 0 aliphatic carbocycles. The Morgan fingerprint density at radius 3 is 1.26 bits per heavy atom. The second-order valence-electron chi connectivity index (χ2n) is 17.9. The van der Waals surface area contributed by atoms with Crippen LogP contribution in [0.2, 0.25) is 0 Å². The van der Waals surface area contributed by atoms with Crippen LogP contribution in [0.5, 0.6) is 0 Å².